The molecule has 2 aromatic heterocycles. The van der Waals surface area contributed by atoms with Crippen LogP contribution in [0.3, 0.4) is 0 Å². The van der Waals surface area contributed by atoms with Gasteiger partial charge in [-0.15, -0.1) is 11.3 Å². The number of aliphatic carboxylic acids is 1. The van der Waals surface area contributed by atoms with Crippen LogP contribution < -0.4 is 0 Å². The van der Waals surface area contributed by atoms with Crippen molar-refractivity contribution >= 4 is 27.3 Å². The van der Waals surface area contributed by atoms with Crippen LogP contribution in [0.25, 0.3) is 0 Å². The number of fused-ring (bicyclic) bond motifs is 1. The summed E-state index contributed by atoms with van der Waals surface area (Å²) < 4.78 is 59.5. The van der Waals surface area contributed by atoms with E-state index in [1.807, 2.05) is 17.6 Å². The van der Waals surface area contributed by atoms with Crippen LogP contribution in [0.4, 0.5) is 13.2 Å². The third-order valence-electron chi connectivity index (χ3n) is 5.05. The van der Waals surface area contributed by atoms with Crippen LogP contribution in [-0.2, 0) is 21.4 Å². The van der Waals surface area contributed by atoms with Gasteiger partial charge in [0.1, 0.15) is 4.21 Å². The minimum atomic E-state index is -5.08. The molecule has 2 fully saturated rings. The van der Waals surface area contributed by atoms with E-state index in [1.54, 1.807) is 22.6 Å². The predicted molar refractivity (Wildman–Crippen MR) is 103 cm³/mol. The molecule has 2 aliphatic heterocycles. The number of hydrogen-bond acceptors (Lipinski definition) is 6. The number of aromatic nitrogens is 1. The number of sulfonamides is 1. The molecule has 0 amide bonds. The first-order valence-electron chi connectivity index (χ1n) is 9.09. The zero-order chi connectivity index (χ0) is 21.9. The zero-order valence-corrected chi connectivity index (χ0v) is 17.3. The van der Waals surface area contributed by atoms with Crippen LogP contribution in [0.1, 0.15) is 18.4 Å². The van der Waals surface area contributed by atoms with Crippen LogP contribution in [0.2, 0.25) is 0 Å². The summed E-state index contributed by atoms with van der Waals surface area (Å²) in [6.07, 6.45) is 0.411. The van der Waals surface area contributed by atoms with Crippen molar-refractivity contribution in [1.29, 1.82) is 0 Å². The van der Waals surface area contributed by atoms with Gasteiger partial charge in [-0.2, -0.15) is 17.5 Å². The fraction of sp³-hybridized carbons (Fsp3) is 0.444. The molecular formula is C18H20F3N3O4S2. The fourth-order valence-corrected chi connectivity index (χ4v) is 6.60. The Balaban J connectivity index is 0.000000318. The maximum Gasteiger partial charge on any atom is 0.490 e. The summed E-state index contributed by atoms with van der Waals surface area (Å²) >= 11 is 1.30. The molecule has 0 spiro atoms. The topological polar surface area (TPSA) is 90.8 Å². The Morgan fingerprint density at radius 3 is 2.47 bits per heavy atom. The number of nitrogens with zero attached hydrogens (tertiary/aromatic N) is 3. The van der Waals surface area contributed by atoms with E-state index in [0.717, 1.165) is 25.9 Å². The maximum absolute atomic E-state index is 12.8. The third kappa shape index (κ3) is 4.99. The molecular weight excluding hydrogens is 443 g/mol. The molecule has 4 heterocycles. The van der Waals surface area contributed by atoms with Gasteiger partial charge in [0.15, 0.2) is 0 Å². The Bertz CT molecular complexity index is 953. The quantitative estimate of drug-likeness (QED) is 0.750. The minimum Gasteiger partial charge on any atom is -0.475 e. The lowest BCUT2D eigenvalue weighted by Gasteiger charge is -2.25. The summed E-state index contributed by atoms with van der Waals surface area (Å²) in [5.41, 5.74) is 1.19. The summed E-state index contributed by atoms with van der Waals surface area (Å²) in [5, 5.41) is 8.95. The van der Waals surface area contributed by atoms with Crippen molar-refractivity contribution < 1.29 is 31.5 Å². The Hall–Kier alpha value is -2.02. The third-order valence-corrected chi connectivity index (χ3v) is 8.35. The van der Waals surface area contributed by atoms with E-state index in [4.69, 9.17) is 9.90 Å². The normalized spacial score (nSPS) is 22.4. The SMILES string of the molecule is O=C(O)C(F)(F)F.O=S(=O)(c1cccs1)N1CC[C@H]2[C@H]1CCN2Cc1cccnc1. The number of hydrogen-bond donors (Lipinski definition) is 1. The first-order valence-corrected chi connectivity index (χ1v) is 11.4. The summed E-state index contributed by atoms with van der Waals surface area (Å²) in [5.74, 6) is -2.76. The van der Waals surface area contributed by atoms with E-state index < -0.39 is 22.2 Å². The van der Waals surface area contributed by atoms with Gasteiger partial charge in [0.2, 0.25) is 0 Å². The first-order chi connectivity index (χ1) is 14.1. The van der Waals surface area contributed by atoms with Crippen molar-refractivity contribution in [3.63, 3.8) is 0 Å². The number of alkyl halides is 3. The number of likely N-dealkylation sites (tertiary alicyclic amines) is 1. The van der Waals surface area contributed by atoms with Crippen LogP contribution in [0, 0.1) is 0 Å². The number of pyridine rings is 1. The van der Waals surface area contributed by atoms with Gasteiger partial charge in [0.25, 0.3) is 10.0 Å². The molecule has 2 saturated heterocycles. The highest BCUT2D eigenvalue weighted by Crippen LogP contribution is 2.36. The highest BCUT2D eigenvalue weighted by molar-refractivity contribution is 7.91. The Labute approximate surface area is 175 Å². The highest BCUT2D eigenvalue weighted by Gasteiger charge is 2.47. The summed E-state index contributed by atoms with van der Waals surface area (Å²) in [6.45, 7) is 2.42. The zero-order valence-electron chi connectivity index (χ0n) is 15.7. The predicted octanol–water partition coefficient (Wildman–Crippen LogP) is 2.81. The Morgan fingerprint density at radius 1 is 1.20 bits per heavy atom. The lowest BCUT2D eigenvalue weighted by molar-refractivity contribution is -0.192. The van der Waals surface area contributed by atoms with Gasteiger partial charge in [-0.25, -0.2) is 13.2 Å². The van der Waals surface area contributed by atoms with Crippen molar-refractivity contribution in [2.75, 3.05) is 13.1 Å². The van der Waals surface area contributed by atoms with Crippen LogP contribution in [0.5, 0.6) is 0 Å². The summed E-state index contributed by atoms with van der Waals surface area (Å²) in [4.78, 5) is 15.5. The van der Waals surface area contributed by atoms with Crippen LogP contribution in [-0.4, -0.2) is 65.0 Å². The molecule has 164 valence electrons. The number of thiophene rings is 1. The maximum atomic E-state index is 12.8. The minimum absolute atomic E-state index is 0.110. The second kappa shape index (κ2) is 9.00. The van der Waals surface area contributed by atoms with E-state index in [2.05, 4.69) is 16.0 Å². The van der Waals surface area contributed by atoms with E-state index in [1.165, 1.54) is 16.9 Å². The summed E-state index contributed by atoms with van der Waals surface area (Å²) in [6, 6.07) is 7.97. The smallest absolute Gasteiger partial charge is 0.475 e. The van der Waals surface area contributed by atoms with E-state index in [9.17, 15) is 21.6 Å². The fourth-order valence-electron chi connectivity index (χ4n) is 3.78. The number of carboxylic acid groups (broad SMARTS) is 1. The monoisotopic (exact) mass is 463 g/mol. The highest BCUT2D eigenvalue weighted by atomic mass is 32.2. The molecule has 0 aromatic carbocycles. The molecule has 0 radical (unpaired) electrons. The van der Waals surface area contributed by atoms with Gasteiger partial charge in [-0.1, -0.05) is 12.1 Å². The molecule has 30 heavy (non-hydrogen) atoms. The van der Waals surface area contributed by atoms with Crippen molar-refractivity contribution in [3.8, 4) is 0 Å². The molecule has 2 aromatic rings. The molecule has 0 bridgehead atoms. The van der Waals surface area contributed by atoms with Gasteiger partial charge in [-0.05, 0) is 35.9 Å². The molecule has 4 rings (SSSR count). The summed E-state index contributed by atoms with van der Waals surface area (Å²) in [7, 11) is -3.33. The second-order valence-corrected chi connectivity index (χ2v) is 9.96. The van der Waals surface area contributed by atoms with E-state index >= 15 is 0 Å². The average molecular weight is 464 g/mol. The average Bonchev–Trinajstić information content (AvgIpc) is 3.41. The van der Waals surface area contributed by atoms with Gasteiger partial charge in [0, 0.05) is 44.1 Å². The Kier molecular flexibility index (Phi) is 6.80. The van der Waals surface area contributed by atoms with Crippen molar-refractivity contribution in [2.24, 2.45) is 0 Å². The van der Waals surface area contributed by atoms with Crippen molar-refractivity contribution in [1.82, 2.24) is 14.2 Å². The number of carboxylic acids is 1. The van der Waals surface area contributed by atoms with E-state index in [-0.39, 0.29) is 6.04 Å². The molecule has 12 heteroatoms. The number of halogens is 3. The lowest BCUT2D eigenvalue weighted by Crippen LogP contribution is -2.39. The van der Waals surface area contributed by atoms with Crippen molar-refractivity contribution in [2.45, 2.75) is 41.9 Å². The number of rotatable bonds is 4. The van der Waals surface area contributed by atoms with Gasteiger partial charge >= 0.3 is 12.1 Å². The van der Waals surface area contributed by atoms with Gasteiger partial charge in [0.05, 0.1) is 0 Å². The van der Waals surface area contributed by atoms with Crippen LogP contribution >= 0.6 is 11.3 Å². The first kappa shape index (κ1) is 22.7. The molecule has 0 unspecified atom stereocenters. The molecule has 0 aliphatic carbocycles. The lowest BCUT2D eigenvalue weighted by atomic mass is 10.1. The number of carbonyl (C=O) groups is 1. The van der Waals surface area contributed by atoms with Crippen molar-refractivity contribution in [3.05, 3.63) is 47.6 Å². The van der Waals surface area contributed by atoms with Gasteiger partial charge < -0.3 is 5.11 Å². The molecule has 7 nitrogen and oxygen atoms in total. The van der Waals surface area contributed by atoms with Gasteiger partial charge in [-0.3, -0.25) is 9.88 Å². The Morgan fingerprint density at radius 2 is 1.90 bits per heavy atom. The van der Waals surface area contributed by atoms with Crippen LogP contribution in [0.15, 0.2) is 46.2 Å². The van der Waals surface area contributed by atoms with E-state index in [0.29, 0.717) is 16.8 Å². The molecule has 2 aliphatic rings. The standard InChI is InChI=1S/C16H19N3O2S2.C2HF3O2/c20-23(21,16-4-2-10-22-16)19-9-6-14-15(19)5-8-18(14)12-13-3-1-7-17-11-13;3-2(4,5)1(6)7/h1-4,7,10-11,14-15H,5-6,8-9,12H2;(H,6,7)/t14-,15+;/m0./s1. The second-order valence-electron chi connectivity index (χ2n) is 6.89. The largest absolute Gasteiger partial charge is 0.490 e. The molecule has 1 N–H and O–H groups in total. The molecule has 2 atom stereocenters. The molecule has 0 saturated carbocycles.